The number of carbonyl (C=O) groups is 2. The summed E-state index contributed by atoms with van der Waals surface area (Å²) in [4.78, 5) is 25.8. The molecule has 0 spiro atoms. The van der Waals surface area contributed by atoms with Gasteiger partial charge in [-0.3, -0.25) is 4.79 Å². The first kappa shape index (κ1) is 21.7. The molecule has 0 radical (unpaired) electrons. The topological polar surface area (TPSA) is 94.1 Å². The highest BCUT2D eigenvalue weighted by molar-refractivity contribution is 7.15. The number of thiophene rings is 1. The summed E-state index contributed by atoms with van der Waals surface area (Å²) in [7, 11) is 3.14. The highest BCUT2D eigenvalue weighted by Gasteiger charge is 2.34. The molecule has 2 heterocycles. The molecule has 3 aromatic rings. The minimum Gasteiger partial charge on any atom is -0.497 e. The van der Waals surface area contributed by atoms with Crippen LogP contribution in [0.4, 0.5) is 5.69 Å². The van der Waals surface area contributed by atoms with E-state index < -0.39 is 5.97 Å². The molecule has 4 rings (SSSR count). The average Bonchev–Trinajstić information content (AvgIpc) is 3.18. The Labute approximate surface area is 189 Å². The van der Waals surface area contributed by atoms with Crippen molar-refractivity contribution in [1.82, 2.24) is 0 Å². The predicted molar refractivity (Wildman–Crippen MR) is 123 cm³/mol. The first-order valence-corrected chi connectivity index (χ1v) is 10.9. The molecule has 0 unspecified atom stereocenters. The SMILES string of the molecule is CCOc1cc([C@@H]2CC(=O)Nc3c2sc(C(=O)O)c3-c2ccc(OC)cc2)ccc1OC. The van der Waals surface area contributed by atoms with Crippen molar-refractivity contribution >= 4 is 28.9 Å². The summed E-state index contributed by atoms with van der Waals surface area (Å²) in [5.41, 5.74) is 2.63. The summed E-state index contributed by atoms with van der Waals surface area (Å²) in [5.74, 6) is 0.365. The second-order valence-electron chi connectivity index (χ2n) is 7.23. The lowest BCUT2D eigenvalue weighted by Gasteiger charge is -2.24. The second-order valence-corrected chi connectivity index (χ2v) is 8.28. The first-order chi connectivity index (χ1) is 15.5. The summed E-state index contributed by atoms with van der Waals surface area (Å²) >= 11 is 1.19. The van der Waals surface area contributed by atoms with Crippen LogP contribution in [-0.4, -0.2) is 37.8 Å². The van der Waals surface area contributed by atoms with Crippen molar-refractivity contribution in [2.75, 3.05) is 26.1 Å². The van der Waals surface area contributed by atoms with Crippen LogP contribution in [-0.2, 0) is 4.79 Å². The van der Waals surface area contributed by atoms with Crippen LogP contribution in [0.3, 0.4) is 0 Å². The van der Waals surface area contributed by atoms with Crippen molar-refractivity contribution in [2.45, 2.75) is 19.3 Å². The van der Waals surface area contributed by atoms with Gasteiger partial charge in [0.05, 0.1) is 26.5 Å². The Hall–Kier alpha value is -3.52. The van der Waals surface area contributed by atoms with Crippen molar-refractivity contribution in [1.29, 1.82) is 0 Å². The number of fused-ring (bicyclic) bond motifs is 1. The van der Waals surface area contributed by atoms with Crippen LogP contribution in [0.15, 0.2) is 42.5 Å². The second kappa shape index (κ2) is 8.92. The molecule has 7 nitrogen and oxygen atoms in total. The zero-order valence-corrected chi connectivity index (χ0v) is 18.7. The summed E-state index contributed by atoms with van der Waals surface area (Å²) in [5, 5.41) is 12.8. The lowest BCUT2D eigenvalue weighted by molar-refractivity contribution is -0.116. The summed E-state index contributed by atoms with van der Waals surface area (Å²) in [6.45, 7) is 2.36. The molecule has 1 aliphatic rings. The van der Waals surface area contributed by atoms with E-state index in [9.17, 15) is 14.7 Å². The maximum Gasteiger partial charge on any atom is 0.346 e. The van der Waals surface area contributed by atoms with Gasteiger partial charge >= 0.3 is 5.97 Å². The molecular formula is C24H23NO6S. The van der Waals surface area contributed by atoms with E-state index in [0.29, 0.717) is 40.7 Å². The standard InChI is InChI=1S/C24H23NO6S/c1-4-31-18-11-14(7-10-17(18)30-3)16-12-19(26)25-21-20(23(24(27)28)32-22(16)21)13-5-8-15(29-2)9-6-13/h5-11,16H,4,12H2,1-3H3,(H,25,26)(H,27,28)/t16-/m0/s1. The van der Waals surface area contributed by atoms with Gasteiger partial charge in [0.25, 0.3) is 0 Å². The molecule has 2 N–H and O–H groups in total. The molecule has 8 heteroatoms. The third kappa shape index (κ3) is 3.89. The van der Waals surface area contributed by atoms with Crippen molar-refractivity contribution in [2.24, 2.45) is 0 Å². The summed E-state index contributed by atoms with van der Waals surface area (Å²) in [6, 6.07) is 12.7. The van der Waals surface area contributed by atoms with Gasteiger partial charge < -0.3 is 24.6 Å². The number of aromatic carboxylic acids is 1. The molecule has 0 fully saturated rings. The zero-order chi connectivity index (χ0) is 22.8. The maximum atomic E-state index is 12.7. The number of hydrogen-bond acceptors (Lipinski definition) is 6. The number of benzene rings is 2. The number of rotatable bonds is 7. The van der Waals surface area contributed by atoms with Gasteiger partial charge in [-0.2, -0.15) is 0 Å². The Morgan fingerprint density at radius 2 is 1.88 bits per heavy atom. The third-order valence-corrected chi connectivity index (χ3v) is 6.66. The number of hydrogen-bond donors (Lipinski definition) is 2. The zero-order valence-electron chi connectivity index (χ0n) is 17.9. The van der Waals surface area contributed by atoms with E-state index in [-0.39, 0.29) is 23.1 Å². The van der Waals surface area contributed by atoms with Crippen molar-refractivity contribution in [3.8, 4) is 28.4 Å². The fourth-order valence-corrected chi connectivity index (χ4v) is 5.16. The smallest absolute Gasteiger partial charge is 0.346 e. The van der Waals surface area contributed by atoms with Gasteiger partial charge in [0.15, 0.2) is 11.5 Å². The van der Waals surface area contributed by atoms with Gasteiger partial charge in [-0.1, -0.05) is 18.2 Å². The summed E-state index contributed by atoms with van der Waals surface area (Å²) < 4.78 is 16.3. The average molecular weight is 454 g/mol. The Kier molecular flexibility index (Phi) is 6.05. The predicted octanol–water partition coefficient (Wildman–Crippen LogP) is 5.00. The first-order valence-electron chi connectivity index (χ1n) is 10.1. The molecule has 1 amide bonds. The molecule has 2 aromatic carbocycles. The Bertz CT molecular complexity index is 1170. The van der Waals surface area contributed by atoms with Crippen LogP contribution in [0.5, 0.6) is 17.2 Å². The quantitative estimate of drug-likeness (QED) is 0.523. The van der Waals surface area contributed by atoms with Gasteiger partial charge in [0.1, 0.15) is 10.6 Å². The van der Waals surface area contributed by atoms with Gasteiger partial charge in [-0.05, 0) is 42.3 Å². The molecule has 0 saturated heterocycles. The largest absolute Gasteiger partial charge is 0.497 e. The van der Waals surface area contributed by atoms with Crippen LogP contribution in [0, 0.1) is 0 Å². The number of anilines is 1. The minimum atomic E-state index is -1.03. The van der Waals surface area contributed by atoms with Crippen molar-refractivity contribution < 1.29 is 28.9 Å². The van der Waals surface area contributed by atoms with E-state index in [1.807, 2.05) is 25.1 Å². The van der Waals surface area contributed by atoms with E-state index in [0.717, 1.165) is 10.4 Å². The van der Waals surface area contributed by atoms with Gasteiger partial charge in [0, 0.05) is 22.8 Å². The number of carboxylic acid groups (broad SMARTS) is 1. The van der Waals surface area contributed by atoms with Crippen LogP contribution in [0.25, 0.3) is 11.1 Å². The normalized spacial score (nSPS) is 15.0. The van der Waals surface area contributed by atoms with Crippen LogP contribution >= 0.6 is 11.3 Å². The Morgan fingerprint density at radius 1 is 1.12 bits per heavy atom. The highest BCUT2D eigenvalue weighted by atomic mass is 32.1. The molecule has 1 aromatic heterocycles. The molecule has 1 aliphatic heterocycles. The molecule has 1 atom stereocenters. The molecular weight excluding hydrogens is 430 g/mol. The number of nitrogens with one attached hydrogen (secondary N) is 1. The number of carbonyl (C=O) groups excluding carboxylic acids is 1. The van der Waals surface area contributed by atoms with Crippen LogP contribution < -0.4 is 19.5 Å². The van der Waals surface area contributed by atoms with Crippen LogP contribution in [0.2, 0.25) is 0 Å². The molecule has 0 aliphatic carbocycles. The summed E-state index contributed by atoms with van der Waals surface area (Å²) in [6.07, 6.45) is 0.215. The van der Waals surface area contributed by atoms with Crippen LogP contribution in [0.1, 0.15) is 39.4 Å². The molecule has 0 bridgehead atoms. The van der Waals surface area contributed by atoms with E-state index in [1.54, 1.807) is 38.5 Å². The van der Waals surface area contributed by atoms with Gasteiger partial charge in [-0.15, -0.1) is 11.3 Å². The number of amides is 1. The lowest BCUT2D eigenvalue weighted by atomic mass is 9.88. The minimum absolute atomic E-state index is 0.166. The molecule has 32 heavy (non-hydrogen) atoms. The number of carboxylic acids is 1. The number of methoxy groups -OCH3 is 2. The lowest BCUT2D eigenvalue weighted by Crippen LogP contribution is -2.22. The van der Waals surface area contributed by atoms with Gasteiger partial charge in [0.2, 0.25) is 5.91 Å². The van der Waals surface area contributed by atoms with E-state index in [4.69, 9.17) is 14.2 Å². The maximum absolute atomic E-state index is 12.7. The fourth-order valence-electron chi connectivity index (χ4n) is 3.92. The van der Waals surface area contributed by atoms with E-state index in [1.165, 1.54) is 11.3 Å². The van der Waals surface area contributed by atoms with E-state index in [2.05, 4.69) is 5.32 Å². The fraction of sp³-hybridized carbons (Fsp3) is 0.250. The Morgan fingerprint density at radius 3 is 2.50 bits per heavy atom. The monoisotopic (exact) mass is 453 g/mol. The highest BCUT2D eigenvalue weighted by Crippen LogP contribution is 2.50. The van der Waals surface area contributed by atoms with Crippen molar-refractivity contribution in [3.05, 3.63) is 57.8 Å². The molecule has 0 saturated carbocycles. The van der Waals surface area contributed by atoms with Gasteiger partial charge in [-0.25, -0.2) is 4.79 Å². The van der Waals surface area contributed by atoms with E-state index >= 15 is 0 Å². The Balaban J connectivity index is 1.87. The third-order valence-electron chi connectivity index (χ3n) is 5.37. The number of ether oxygens (including phenoxy) is 3. The molecule has 166 valence electrons. The van der Waals surface area contributed by atoms with Crippen molar-refractivity contribution in [3.63, 3.8) is 0 Å².